The Morgan fingerprint density at radius 2 is 1.96 bits per heavy atom. The topological polar surface area (TPSA) is 96.4 Å². The molecule has 2 aromatic carbocycles. The van der Waals surface area contributed by atoms with Crippen molar-refractivity contribution in [2.45, 2.75) is 6.61 Å². The van der Waals surface area contributed by atoms with Crippen molar-refractivity contribution in [3.8, 4) is 11.8 Å². The van der Waals surface area contributed by atoms with E-state index in [0.717, 1.165) is 5.56 Å². The van der Waals surface area contributed by atoms with E-state index in [2.05, 4.69) is 6.07 Å². The van der Waals surface area contributed by atoms with Gasteiger partial charge in [0.05, 0.1) is 18.2 Å². The van der Waals surface area contributed by atoms with Crippen LogP contribution in [0, 0.1) is 11.3 Å². The van der Waals surface area contributed by atoms with Gasteiger partial charge in [0.1, 0.15) is 12.4 Å². The first kappa shape index (κ1) is 17.0. The van der Waals surface area contributed by atoms with Crippen molar-refractivity contribution >= 4 is 11.8 Å². The first-order valence-corrected chi connectivity index (χ1v) is 7.26. The lowest BCUT2D eigenvalue weighted by Gasteiger charge is -2.15. The van der Waals surface area contributed by atoms with Crippen LogP contribution in [0.25, 0.3) is 0 Å². The smallest absolute Gasteiger partial charge is 0.254 e. The Morgan fingerprint density at radius 3 is 2.67 bits per heavy atom. The van der Waals surface area contributed by atoms with Gasteiger partial charge >= 0.3 is 0 Å². The van der Waals surface area contributed by atoms with Gasteiger partial charge in [0.15, 0.2) is 0 Å². The summed E-state index contributed by atoms with van der Waals surface area (Å²) >= 11 is 0. The van der Waals surface area contributed by atoms with E-state index in [0.29, 0.717) is 16.9 Å². The Labute approximate surface area is 140 Å². The van der Waals surface area contributed by atoms with Crippen LogP contribution in [0.1, 0.15) is 21.5 Å². The SMILES string of the molecule is CN(CC(N)=O)C(=O)c1cccc(OCc2ccccc2C#N)c1. The van der Waals surface area contributed by atoms with E-state index in [1.54, 1.807) is 36.4 Å². The van der Waals surface area contributed by atoms with E-state index >= 15 is 0 Å². The molecule has 0 aliphatic heterocycles. The zero-order chi connectivity index (χ0) is 17.5. The largest absolute Gasteiger partial charge is 0.489 e. The minimum Gasteiger partial charge on any atom is -0.489 e. The Hall–Kier alpha value is -3.33. The molecule has 24 heavy (non-hydrogen) atoms. The Balaban J connectivity index is 2.09. The second kappa shape index (κ2) is 7.79. The van der Waals surface area contributed by atoms with Gasteiger partial charge in [-0.15, -0.1) is 0 Å². The number of hydrogen-bond donors (Lipinski definition) is 1. The third-order valence-electron chi connectivity index (χ3n) is 3.35. The summed E-state index contributed by atoms with van der Waals surface area (Å²) in [5, 5.41) is 9.07. The summed E-state index contributed by atoms with van der Waals surface area (Å²) in [5.74, 6) is -0.399. The highest BCUT2D eigenvalue weighted by Gasteiger charge is 2.14. The molecule has 0 spiro atoms. The molecule has 2 amide bonds. The zero-order valence-corrected chi connectivity index (χ0v) is 13.2. The molecule has 122 valence electrons. The predicted octanol–water partition coefficient (Wildman–Crippen LogP) is 1.69. The van der Waals surface area contributed by atoms with E-state index in [1.807, 2.05) is 12.1 Å². The normalized spacial score (nSPS) is 9.83. The van der Waals surface area contributed by atoms with Crippen molar-refractivity contribution in [2.24, 2.45) is 5.73 Å². The number of nitriles is 1. The van der Waals surface area contributed by atoms with E-state index in [9.17, 15) is 9.59 Å². The quantitative estimate of drug-likeness (QED) is 0.875. The van der Waals surface area contributed by atoms with Gasteiger partial charge in [-0.1, -0.05) is 24.3 Å². The van der Waals surface area contributed by atoms with Crippen molar-refractivity contribution in [3.63, 3.8) is 0 Å². The molecule has 6 nitrogen and oxygen atoms in total. The first-order valence-electron chi connectivity index (χ1n) is 7.26. The third kappa shape index (κ3) is 4.34. The molecule has 0 unspecified atom stereocenters. The maximum Gasteiger partial charge on any atom is 0.254 e. The van der Waals surface area contributed by atoms with Crippen molar-refractivity contribution in [3.05, 3.63) is 65.2 Å². The number of nitrogens with two attached hydrogens (primary N) is 1. The van der Waals surface area contributed by atoms with Crippen LogP contribution in [-0.4, -0.2) is 30.3 Å². The molecule has 0 aliphatic carbocycles. The summed E-state index contributed by atoms with van der Waals surface area (Å²) in [7, 11) is 1.50. The van der Waals surface area contributed by atoms with Crippen LogP contribution in [0.15, 0.2) is 48.5 Å². The van der Waals surface area contributed by atoms with Gasteiger partial charge in [0.2, 0.25) is 5.91 Å². The van der Waals surface area contributed by atoms with Crippen molar-refractivity contribution in [1.29, 1.82) is 5.26 Å². The number of amides is 2. The van der Waals surface area contributed by atoms with E-state index in [-0.39, 0.29) is 19.1 Å². The molecule has 2 N–H and O–H groups in total. The van der Waals surface area contributed by atoms with E-state index < -0.39 is 5.91 Å². The predicted molar refractivity (Wildman–Crippen MR) is 88.1 cm³/mol. The number of hydrogen-bond acceptors (Lipinski definition) is 4. The minimum atomic E-state index is -0.577. The summed E-state index contributed by atoms with van der Waals surface area (Å²) in [6.45, 7) is 0.0674. The summed E-state index contributed by atoms with van der Waals surface area (Å²) < 4.78 is 5.67. The zero-order valence-electron chi connectivity index (χ0n) is 13.2. The van der Waals surface area contributed by atoms with Crippen molar-refractivity contribution in [2.75, 3.05) is 13.6 Å². The van der Waals surface area contributed by atoms with Gasteiger partial charge in [-0.2, -0.15) is 5.26 Å². The summed E-state index contributed by atoms with van der Waals surface area (Å²) in [6, 6.07) is 15.9. The maximum atomic E-state index is 12.2. The lowest BCUT2D eigenvalue weighted by molar-refractivity contribution is -0.118. The van der Waals surface area contributed by atoms with Crippen LogP contribution < -0.4 is 10.5 Å². The standard InChI is InChI=1S/C18H17N3O3/c1-21(11-17(20)22)18(23)13-7-4-8-16(9-13)24-12-15-6-3-2-5-14(15)10-19/h2-9H,11-12H2,1H3,(H2,20,22). The molecule has 0 aromatic heterocycles. The second-order valence-electron chi connectivity index (χ2n) is 5.21. The second-order valence-corrected chi connectivity index (χ2v) is 5.21. The monoisotopic (exact) mass is 323 g/mol. The fourth-order valence-electron chi connectivity index (χ4n) is 2.16. The molecule has 0 heterocycles. The fourth-order valence-corrected chi connectivity index (χ4v) is 2.16. The van der Waals surface area contributed by atoms with Crippen LogP contribution in [0.4, 0.5) is 0 Å². The molecule has 0 saturated heterocycles. The van der Waals surface area contributed by atoms with Crippen LogP contribution >= 0.6 is 0 Å². The third-order valence-corrected chi connectivity index (χ3v) is 3.35. The van der Waals surface area contributed by atoms with Crippen molar-refractivity contribution in [1.82, 2.24) is 4.90 Å². The molecule has 2 aromatic rings. The molecular formula is C18H17N3O3. The highest BCUT2D eigenvalue weighted by Crippen LogP contribution is 2.17. The molecule has 0 bridgehead atoms. The Kier molecular flexibility index (Phi) is 5.53. The van der Waals surface area contributed by atoms with Gasteiger partial charge in [-0.25, -0.2) is 0 Å². The number of benzene rings is 2. The number of rotatable bonds is 6. The Morgan fingerprint density at radius 1 is 1.21 bits per heavy atom. The average Bonchev–Trinajstić information content (AvgIpc) is 2.59. The molecule has 0 radical (unpaired) electrons. The van der Waals surface area contributed by atoms with Gasteiger partial charge in [-0.05, 0) is 24.3 Å². The number of primary amides is 1. The molecule has 0 saturated carbocycles. The average molecular weight is 323 g/mol. The van der Waals surface area contributed by atoms with Gasteiger partial charge < -0.3 is 15.4 Å². The Bertz CT molecular complexity index is 796. The molecular weight excluding hydrogens is 306 g/mol. The van der Waals surface area contributed by atoms with Crippen LogP contribution in [0.5, 0.6) is 5.75 Å². The van der Waals surface area contributed by atoms with Crippen LogP contribution in [0.3, 0.4) is 0 Å². The van der Waals surface area contributed by atoms with Gasteiger partial charge in [-0.3, -0.25) is 9.59 Å². The lowest BCUT2D eigenvalue weighted by atomic mass is 10.1. The van der Waals surface area contributed by atoms with E-state index in [4.69, 9.17) is 15.7 Å². The van der Waals surface area contributed by atoms with Crippen LogP contribution in [-0.2, 0) is 11.4 Å². The highest BCUT2D eigenvalue weighted by molar-refractivity contribution is 5.96. The summed E-state index contributed by atoms with van der Waals surface area (Å²) in [6.07, 6.45) is 0. The van der Waals surface area contributed by atoms with E-state index in [1.165, 1.54) is 11.9 Å². The van der Waals surface area contributed by atoms with Crippen molar-refractivity contribution < 1.29 is 14.3 Å². The number of nitrogens with zero attached hydrogens (tertiary/aromatic N) is 2. The van der Waals surface area contributed by atoms with Crippen LogP contribution in [0.2, 0.25) is 0 Å². The molecule has 0 atom stereocenters. The molecule has 0 fully saturated rings. The lowest BCUT2D eigenvalue weighted by Crippen LogP contribution is -2.35. The molecule has 0 aliphatic rings. The maximum absolute atomic E-state index is 12.2. The van der Waals surface area contributed by atoms with Gasteiger partial charge in [0.25, 0.3) is 5.91 Å². The number of carbonyl (C=O) groups is 2. The molecule has 6 heteroatoms. The number of carbonyl (C=O) groups excluding carboxylic acids is 2. The number of likely N-dealkylation sites (N-methyl/N-ethyl adjacent to an activating group) is 1. The summed E-state index contributed by atoms with van der Waals surface area (Å²) in [4.78, 5) is 24.4. The number of ether oxygens (including phenoxy) is 1. The molecule has 2 rings (SSSR count). The fraction of sp³-hybridized carbons (Fsp3) is 0.167. The highest BCUT2D eigenvalue weighted by atomic mass is 16.5. The first-order chi connectivity index (χ1) is 11.5. The van der Waals surface area contributed by atoms with Gasteiger partial charge in [0, 0.05) is 18.2 Å². The summed E-state index contributed by atoms with van der Waals surface area (Å²) in [5.41, 5.74) is 6.80. The minimum absolute atomic E-state index is 0.153.